The summed E-state index contributed by atoms with van der Waals surface area (Å²) in [5, 5.41) is 16.1. The lowest BCUT2D eigenvalue weighted by molar-refractivity contribution is -0.324. The molecule has 2 amide bonds. The molecule has 0 saturated carbocycles. The number of amides is 2. The highest BCUT2D eigenvalue weighted by Gasteiger charge is 2.45. The standard InChI is InChI=1S/C46H82N2O8Si/c1-13-16-37(50)28-39-22-20-32(3)41(53-39)29-43(51)48-30-42(56-57(11,12)45(8,9)10)35(6)44(52)47-26-15-18-40-33(4)23-25-46(55-40)24-14-17-38(54-46)21-19-31(2)27-34(5)36(7)49/h13,16,27,31-33,35-36,38-42,49H,14-15,17-26,28-30H2,1-12H3,(H,47,52)(H,48,51)/b16-13+,34-27+/t31-,32-,33-,35-,36-,38-,39-,40+,41-,42+,46-/m0/s1. The third kappa shape index (κ3) is 15.9. The fraction of sp³-hybridized carbons (Fsp3) is 0.848. The van der Waals surface area contributed by atoms with Crippen LogP contribution in [0.3, 0.4) is 0 Å². The van der Waals surface area contributed by atoms with Crippen LogP contribution in [0.15, 0.2) is 23.8 Å². The van der Waals surface area contributed by atoms with E-state index in [0.717, 1.165) is 76.2 Å². The van der Waals surface area contributed by atoms with Crippen molar-refractivity contribution in [2.75, 3.05) is 13.1 Å². The van der Waals surface area contributed by atoms with Gasteiger partial charge in [0.05, 0.1) is 49.0 Å². The quantitative estimate of drug-likeness (QED) is 0.0481. The van der Waals surface area contributed by atoms with Crippen molar-refractivity contribution < 1.29 is 38.1 Å². The molecule has 3 rings (SSSR count). The molecule has 3 aliphatic heterocycles. The maximum absolute atomic E-state index is 13.7. The molecule has 3 N–H and O–H groups in total. The van der Waals surface area contributed by atoms with Crippen molar-refractivity contribution in [1.29, 1.82) is 0 Å². The van der Waals surface area contributed by atoms with Crippen molar-refractivity contribution in [3.63, 3.8) is 0 Å². The first kappa shape index (κ1) is 49.5. The van der Waals surface area contributed by atoms with E-state index in [1.54, 1.807) is 12.2 Å². The van der Waals surface area contributed by atoms with Crippen LogP contribution >= 0.6 is 0 Å². The fourth-order valence-electron chi connectivity index (χ4n) is 8.19. The van der Waals surface area contributed by atoms with Gasteiger partial charge in [-0.2, -0.15) is 0 Å². The van der Waals surface area contributed by atoms with E-state index in [2.05, 4.69) is 71.3 Å². The number of nitrogens with one attached hydrogen (secondary N) is 2. The number of aliphatic hydroxyl groups is 1. The van der Waals surface area contributed by atoms with Crippen LogP contribution < -0.4 is 10.6 Å². The fourth-order valence-corrected chi connectivity index (χ4v) is 9.59. The van der Waals surface area contributed by atoms with Crippen LogP contribution in [0.1, 0.15) is 153 Å². The highest BCUT2D eigenvalue weighted by Crippen LogP contribution is 2.43. The van der Waals surface area contributed by atoms with Crippen LogP contribution in [0.25, 0.3) is 0 Å². The molecule has 0 unspecified atom stereocenters. The molecule has 0 aromatic rings. The Bertz CT molecular complexity index is 1340. The van der Waals surface area contributed by atoms with E-state index in [9.17, 15) is 19.5 Å². The highest BCUT2D eigenvalue weighted by atomic mass is 28.4. The predicted octanol–water partition coefficient (Wildman–Crippen LogP) is 8.96. The Morgan fingerprint density at radius 2 is 1.63 bits per heavy atom. The van der Waals surface area contributed by atoms with Crippen LogP contribution in [0.5, 0.6) is 0 Å². The monoisotopic (exact) mass is 819 g/mol. The smallest absolute Gasteiger partial charge is 0.225 e. The van der Waals surface area contributed by atoms with E-state index in [1.165, 1.54) is 0 Å². The Labute approximate surface area is 347 Å². The summed E-state index contributed by atoms with van der Waals surface area (Å²) in [4.78, 5) is 39.2. The Balaban J connectivity index is 1.53. The molecular formula is C46H82N2O8Si. The zero-order valence-electron chi connectivity index (χ0n) is 37.9. The van der Waals surface area contributed by atoms with Crippen molar-refractivity contribution in [3.8, 4) is 0 Å². The molecule has 3 saturated heterocycles. The Hall–Kier alpha value is -1.89. The van der Waals surface area contributed by atoms with Crippen molar-refractivity contribution in [3.05, 3.63) is 23.8 Å². The molecule has 328 valence electrons. The van der Waals surface area contributed by atoms with Crippen molar-refractivity contribution in [2.45, 2.75) is 213 Å². The van der Waals surface area contributed by atoms with Gasteiger partial charge in [0.15, 0.2) is 19.9 Å². The molecule has 0 aliphatic carbocycles. The lowest BCUT2D eigenvalue weighted by atomic mass is 9.85. The van der Waals surface area contributed by atoms with Gasteiger partial charge in [-0.3, -0.25) is 14.4 Å². The van der Waals surface area contributed by atoms with Gasteiger partial charge in [0.1, 0.15) is 0 Å². The van der Waals surface area contributed by atoms with Gasteiger partial charge in [0.25, 0.3) is 0 Å². The summed E-state index contributed by atoms with van der Waals surface area (Å²) < 4.78 is 26.6. The van der Waals surface area contributed by atoms with Crippen LogP contribution in [-0.4, -0.2) is 86.5 Å². The average Bonchev–Trinajstić information content (AvgIpc) is 3.13. The van der Waals surface area contributed by atoms with E-state index in [1.807, 2.05) is 27.7 Å². The number of aliphatic hydroxyl groups excluding tert-OH is 1. The van der Waals surface area contributed by atoms with Gasteiger partial charge in [0.2, 0.25) is 11.8 Å². The van der Waals surface area contributed by atoms with E-state index in [0.29, 0.717) is 24.8 Å². The summed E-state index contributed by atoms with van der Waals surface area (Å²) in [5.41, 5.74) is 1.02. The lowest BCUT2D eigenvalue weighted by Gasteiger charge is -2.48. The molecule has 0 aromatic carbocycles. The second-order valence-electron chi connectivity index (χ2n) is 19.5. The number of hydrogen-bond acceptors (Lipinski definition) is 8. The average molecular weight is 819 g/mol. The molecule has 11 heteroatoms. The summed E-state index contributed by atoms with van der Waals surface area (Å²) >= 11 is 0. The summed E-state index contributed by atoms with van der Waals surface area (Å²) in [6.07, 6.45) is 15.4. The van der Waals surface area contributed by atoms with Crippen molar-refractivity contribution in [1.82, 2.24) is 10.6 Å². The highest BCUT2D eigenvalue weighted by molar-refractivity contribution is 6.74. The van der Waals surface area contributed by atoms with Gasteiger partial charge in [-0.15, -0.1) is 0 Å². The minimum atomic E-state index is -2.28. The Morgan fingerprint density at radius 1 is 0.930 bits per heavy atom. The van der Waals surface area contributed by atoms with Gasteiger partial charge in [-0.25, -0.2) is 0 Å². The summed E-state index contributed by atoms with van der Waals surface area (Å²) in [5.74, 6) is -0.138. The minimum absolute atomic E-state index is 0.0432. The molecule has 3 aliphatic rings. The number of ketones is 1. The molecule has 11 atom stereocenters. The zero-order chi connectivity index (χ0) is 42.6. The van der Waals surface area contributed by atoms with Crippen LogP contribution in [0, 0.1) is 23.7 Å². The second kappa shape index (κ2) is 22.6. The Kier molecular flexibility index (Phi) is 19.6. The van der Waals surface area contributed by atoms with Crippen LogP contribution in [-0.2, 0) is 33.0 Å². The van der Waals surface area contributed by atoms with Gasteiger partial charge in [-0.05, 0) is 126 Å². The maximum atomic E-state index is 13.7. The second-order valence-corrected chi connectivity index (χ2v) is 24.3. The third-order valence-corrected chi connectivity index (χ3v) is 17.9. The normalized spacial score (nSPS) is 29.8. The molecule has 57 heavy (non-hydrogen) atoms. The largest absolute Gasteiger partial charge is 0.411 e. The van der Waals surface area contributed by atoms with Gasteiger partial charge in [-0.1, -0.05) is 60.6 Å². The first-order chi connectivity index (χ1) is 26.6. The molecule has 3 fully saturated rings. The number of hydrogen-bond donors (Lipinski definition) is 3. The molecule has 1 spiro atoms. The Morgan fingerprint density at radius 3 is 2.30 bits per heavy atom. The van der Waals surface area contributed by atoms with E-state index >= 15 is 0 Å². The van der Waals surface area contributed by atoms with Gasteiger partial charge < -0.3 is 34.4 Å². The van der Waals surface area contributed by atoms with Crippen LogP contribution in [0.4, 0.5) is 0 Å². The number of ether oxygens (including phenoxy) is 3. The molecule has 3 heterocycles. The lowest BCUT2D eigenvalue weighted by Crippen LogP contribution is -2.52. The zero-order valence-corrected chi connectivity index (χ0v) is 38.9. The summed E-state index contributed by atoms with van der Waals surface area (Å²) in [6.45, 7) is 25.8. The van der Waals surface area contributed by atoms with E-state index < -0.39 is 32.2 Å². The van der Waals surface area contributed by atoms with Gasteiger partial charge >= 0.3 is 0 Å². The topological polar surface area (TPSA) is 132 Å². The molecule has 0 bridgehead atoms. The van der Waals surface area contributed by atoms with Crippen molar-refractivity contribution >= 4 is 25.9 Å². The van der Waals surface area contributed by atoms with E-state index in [4.69, 9.17) is 18.6 Å². The molecule has 10 nitrogen and oxygen atoms in total. The molecule has 0 aromatic heterocycles. The number of carbonyl (C=O) groups is 3. The SMILES string of the molecule is C/C=C/C(=O)C[C@@H]1CC[C@H](C)[C@H](CC(=O)NC[C@@H](O[Si](C)(C)C(C)(C)C)[C@H](C)C(=O)NCCC[C@H]2O[C@@]3(CCC[C@@H](CC[C@H](C)/C=C(\C)[C@H](C)O)O3)CC[C@@H]2C)O1. The van der Waals surface area contributed by atoms with Gasteiger partial charge in [0, 0.05) is 32.4 Å². The number of rotatable bonds is 20. The predicted molar refractivity (Wildman–Crippen MR) is 231 cm³/mol. The first-order valence-electron chi connectivity index (χ1n) is 22.4. The maximum Gasteiger partial charge on any atom is 0.225 e. The van der Waals surface area contributed by atoms with Crippen LogP contribution in [0.2, 0.25) is 18.1 Å². The molecule has 0 radical (unpaired) electrons. The summed E-state index contributed by atoms with van der Waals surface area (Å²) in [6, 6.07) is 0. The number of carbonyl (C=O) groups excluding carboxylic acids is 3. The van der Waals surface area contributed by atoms with E-state index in [-0.39, 0.29) is 65.9 Å². The third-order valence-electron chi connectivity index (χ3n) is 13.4. The molecular weight excluding hydrogens is 737 g/mol. The first-order valence-corrected chi connectivity index (χ1v) is 25.3. The summed E-state index contributed by atoms with van der Waals surface area (Å²) in [7, 11) is -2.28. The van der Waals surface area contributed by atoms with Crippen molar-refractivity contribution in [2.24, 2.45) is 23.7 Å². The number of allylic oxidation sites excluding steroid dienone is 3. The minimum Gasteiger partial charge on any atom is -0.411 e.